The molecular weight excluding hydrogens is 341 g/mol. The Balaban J connectivity index is 2.11. The predicted octanol–water partition coefficient (Wildman–Crippen LogP) is 3.57. The summed E-state index contributed by atoms with van der Waals surface area (Å²) in [6, 6.07) is 6.48. The second-order valence-electron chi connectivity index (χ2n) is 4.65. The van der Waals surface area contributed by atoms with Crippen LogP contribution in [0.15, 0.2) is 33.4 Å². The van der Waals surface area contributed by atoms with Crippen LogP contribution < -0.4 is 5.73 Å². The van der Waals surface area contributed by atoms with E-state index in [-0.39, 0.29) is 11.7 Å². The van der Waals surface area contributed by atoms with Crippen LogP contribution in [0, 0.1) is 11.2 Å². The van der Waals surface area contributed by atoms with E-state index in [2.05, 4.69) is 32.3 Å². The van der Waals surface area contributed by atoms with Crippen LogP contribution in [0.2, 0.25) is 0 Å². The van der Waals surface area contributed by atoms with Gasteiger partial charge in [0, 0.05) is 18.7 Å². The van der Waals surface area contributed by atoms with Crippen molar-refractivity contribution in [3.8, 4) is 0 Å². The number of amidine groups is 1. The van der Waals surface area contributed by atoms with Gasteiger partial charge >= 0.3 is 0 Å². The van der Waals surface area contributed by atoms with Crippen molar-refractivity contribution >= 4 is 33.1 Å². The molecule has 0 amide bonds. The normalized spacial score (nSPS) is 11.0. The van der Waals surface area contributed by atoms with Crippen LogP contribution in [-0.2, 0) is 13.1 Å². The third kappa shape index (κ3) is 3.88. The smallest absolute Gasteiger partial charge is 0.123 e. The number of rotatable bonds is 5. The Morgan fingerprint density at radius 2 is 2.15 bits per heavy atom. The Kier molecular flexibility index (Phi) is 4.91. The minimum Gasteiger partial charge on any atom is -0.384 e. The summed E-state index contributed by atoms with van der Waals surface area (Å²) in [6.07, 6.45) is 0. The molecule has 106 valence electrons. The Bertz CT molecular complexity index is 627. The number of nitrogen functional groups attached to an aromatic ring is 1. The van der Waals surface area contributed by atoms with Crippen LogP contribution in [-0.4, -0.2) is 17.8 Å². The number of nitrogens with two attached hydrogens (primary N) is 1. The zero-order chi connectivity index (χ0) is 14.7. The van der Waals surface area contributed by atoms with E-state index in [0.29, 0.717) is 12.1 Å². The highest BCUT2D eigenvalue weighted by atomic mass is 79.9. The topological polar surface area (TPSA) is 53.1 Å². The summed E-state index contributed by atoms with van der Waals surface area (Å²) in [5, 5.41) is 9.62. The molecule has 0 radical (unpaired) electrons. The van der Waals surface area contributed by atoms with Crippen LogP contribution in [0.25, 0.3) is 0 Å². The van der Waals surface area contributed by atoms with Crippen molar-refractivity contribution in [3.05, 3.63) is 55.9 Å². The van der Waals surface area contributed by atoms with Crippen molar-refractivity contribution in [2.45, 2.75) is 13.1 Å². The molecule has 1 aromatic carbocycles. The van der Waals surface area contributed by atoms with Gasteiger partial charge in [-0.1, -0.05) is 6.07 Å². The standard InChI is InChI=1S/C14H15BrFN3S/c1-19(6-9-4-13(15)20-8-9)7-10-2-3-11(16)5-12(10)14(17)18/h2-5,8H,6-7H2,1H3,(H3,17,18). The quantitative estimate of drug-likeness (QED) is 0.636. The molecule has 2 rings (SSSR count). The summed E-state index contributed by atoms with van der Waals surface area (Å²) in [7, 11) is 1.98. The van der Waals surface area contributed by atoms with E-state index in [1.165, 1.54) is 17.7 Å². The van der Waals surface area contributed by atoms with Gasteiger partial charge in [0.25, 0.3) is 0 Å². The summed E-state index contributed by atoms with van der Waals surface area (Å²) in [4.78, 5) is 2.11. The first-order chi connectivity index (χ1) is 9.45. The molecule has 0 aliphatic heterocycles. The van der Waals surface area contributed by atoms with Gasteiger partial charge in [0.2, 0.25) is 0 Å². The summed E-state index contributed by atoms with van der Waals surface area (Å²) < 4.78 is 14.3. The third-order valence-electron chi connectivity index (χ3n) is 2.88. The fraction of sp³-hybridized carbons (Fsp3) is 0.214. The van der Waals surface area contributed by atoms with Crippen molar-refractivity contribution in [2.75, 3.05) is 7.05 Å². The van der Waals surface area contributed by atoms with E-state index in [4.69, 9.17) is 11.1 Å². The van der Waals surface area contributed by atoms with Crippen molar-refractivity contribution in [3.63, 3.8) is 0 Å². The van der Waals surface area contributed by atoms with E-state index in [0.717, 1.165) is 15.9 Å². The Hall–Kier alpha value is -1.24. The molecule has 20 heavy (non-hydrogen) atoms. The molecule has 0 spiro atoms. The first kappa shape index (κ1) is 15.2. The predicted molar refractivity (Wildman–Crippen MR) is 84.6 cm³/mol. The maximum Gasteiger partial charge on any atom is 0.123 e. The van der Waals surface area contributed by atoms with Crippen LogP contribution in [0.1, 0.15) is 16.7 Å². The van der Waals surface area contributed by atoms with Gasteiger partial charge in [0.15, 0.2) is 0 Å². The van der Waals surface area contributed by atoms with E-state index in [1.807, 2.05) is 7.05 Å². The molecule has 2 aromatic rings. The number of hydrogen-bond donors (Lipinski definition) is 2. The molecule has 0 saturated heterocycles. The van der Waals surface area contributed by atoms with E-state index < -0.39 is 0 Å². The van der Waals surface area contributed by atoms with Crippen molar-refractivity contribution in [1.29, 1.82) is 5.41 Å². The highest BCUT2D eigenvalue weighted by Gasteiger charge is 2.10. The van der Waals surface area contributed by atoms with E-state index in [1.54, 1.807) is 17.4 Å². The molecule has 1 heterocycles. The molecule has 3 N–H and O–H groups in total. The number of benzene rings is 1. The minimum absolute atomic E-state index is 0.105. The maximum atomic E-state index is 13.2. The number of halogens is 2. The van der Waals surface area contributed by atoms with Gasteiger partial charge in [0.1, 0.15) is 11.7 Å². The van der Waals surface area contributed by atoms with E-state index in [9.17, 15) is 4.39 Å². The zero-order valence-electron chi connectivity index (χ0n) is 11.0. The van der Waals surface area contributed by atoms with Crippen LogP contribution in [0.3, 0.4) is 0 Å². The van der Waals surface area contributed by atoms with Gasteiger partial charge in [-0.2, -0.15) is 0 Å². The van der Waals surface area contributed by atoms with Gasteiger partial charge in [-0.25, -0.2) is 4.39 Å². The van der Waals surface area contributed by atoms with Crippen molar-refractivity contribution in [2.24, 2.45) is 5.73 Å². The summed E-state index contributed by atoms with van der Waals surface area (Å²) in [6.45, 7) is 1.40. The largest absolute Gasteiger partial charge is 0.384 e. The average molecular weight is 356 g/mol. The second-order valence-corrected chi connectivity index (χ2v) is 6.94. The molecule has 0 atom stereocenters. The second kappa shape index (κ2) is 6.47. The van der Waals surface area contributed by atoms with Gasteiger partial charge in [-0.05, 0) is 57.7 Å². The van der Waals surface area contributed by atoms with Gasteiger partial charge in [-0.3, -0.25) is 10.3 Å². The van der Waals surface area contributed by atoms with Crippen LogP contribution >= 0.6 is 27.3 Å². The van der Waals surface area contributed by atoms with Gasteiger partial charge < -0.3 is 5.73 Å². The number of nitrogens with zero attached hydrogens (tertiary/aromatic N) is 1. The van der Waals surface area contributed by atoms with Crippen molar-refractivity contribution in [1.82, 2.24) is 4.90 Å². The maximum absolute atomic E-state index is 13.2. The lowest BCUT2D eigenvalue weighted by atomic mass is 10.1. The number of hydrogen-bond acceptors (Lipinski definition) is 3. The average Bonchev–Trinajstić information content (AvgIpc) is 2.76. The highest BCUT2D eigenvalue weighted by molar-refractivity contribution is 9.11. The molecule has 0 fully saturated rings. The number of thiophene rings is 1. The fourth-order valence-electron chi connectivity index (χ4n) is 2.02. The molecule has 0 aliphatic rings. The van der Waals surface area contributed by atoms with Gasteiger partial charge in [-0.15, -0.1) is 11.3 Å². The highest BCUT2D eigenvalue weighted by Crippen LogP contribution is 2.22. The van der Waals surface area contributed by atoms with Gasteiger partial charge in [0.05, 0.1) is 3.79 Å². The number of nitrogens with one attached hydrogen (secondary N) is 1. The third-order valence-corrected chi connectivity index (χ3v) is 4.43. The Labute approximate surface area is 129 Å². The molecule has 6 heteroatoms. The zero-order valence-corrected chi connectivity index (χ0v) is 13.4. The molecule has 1 aromatic heterocycles. The van der Waals surface area contributed by atoms with Crippen LogP contribution in [0.4, 0.5) is 4.39 Å². The monoisotopic (exact) mass is 355 g/mol. The molecule has 0 bridgehead atoms. The summed E-state index contributed by atoms with van der Waals surface area (Å²) >= 11 is 5.09. The molecule has 0 aliphatic carbocycles. The molecule has 0 saturated carbocycles. The lowest BCUT2D eigenvalue weighted by molar-refractivity contribution is 0.319. The van der Waals surface area contributed by atoms with Crippen LogP contribution in [0.5, 0.6) is 0 Å². The first-order valence-corrected chi connectivity index (χ1v) is 7.67. The Morgan fingerprint density at radius 3 is 2.75 bits per heavy atom. The summed E-state index contributed by atoms with van der Waals surface area (Å²) in [5.41, 5.74) is 8.05. The van der Waals surface area contributed by atoms with E-state index >= 15 is 0 Å². The molecular formula is C14H15BrFN3S. The fourth-order valence-corrected chi connectivity index (χ4v) is 3.22. The SMILES string of the molecule is CN(Cc1csc(Br)c1)Cc1ccc(F)cc1C(=N)N. The Morgan fingerprint density at radius 1 is 1.40 bits per heavy atom. The summed E-state index contributed by atoms with van der Waals surface area (Å²) in [5.74, 6) is -0.477. The molecule has 0 unspecified atom stereocenters. The lowest BCUT2D eigenvalue weighted by Gasteiger charge is -2.18. The van der Waals surface area contributed by atoms with Crippen molar-refractivity contribution < 1.29 is 4.39 Å². The first-order valence-electron chi connectivity index (χ1n) is 6.00. The lowest BCUT2D eigenvalue weighted by Crippen LogP contribution is -2.21. The minimum atomic E-state index is -0.372. The molecule has 3 nitrogen and oxygen atoms in total.